The van der Waals surface area contributed by atoms with Crippen LogP contribution in [0.5, 0.6) is 11.5 Å². The molecule has 3 rings (SSSR count). The minimum atomic E-state index is -0.536. The number of benzene rings is 3. The van der Waals surface area contributed by atoms with Gasteiger partial charge in [-0.3, -0.25) is 0 Å². The highest BCUT2D eigenvalue weighted by Crippen LogP contribution is 2.27. The van der Waals surface area contributed by atoms with Crippen molar-refractivity contribution in [3.05, 3.63) is 94.0 Å². The summed E-state index contributed by atoms with van der Waals surface area (Å²) in [7, 11) is 0. The van der Waals surface area contributed by atoms with Crippen LogP contribution in [0.1, 0.15) is 40.1 Å². The number of carbonyl (C=O) groups excluding carboxylic acids is 2. The third-order valence-electron chi connectivity index (χ3n) is 4.28. The van der Waals surface area contributed by atoms with Gasteiger partial charge >= 0.3 is 11.9 Å². The summed E-state index contributed by atoms with van der Waals surface area (Å²) in [6, 6.07) is 21.4. The summed E-state index contributed by atoms with van der Waals surface area (Å²) >= 11 is 3.45. The molecule has 0 heterocycles. The molecule has 0 aromatic heterocycles. The zero-order valence-electron chi connectivity index (χ0n) is 17.3. The number of hydrogen-bond acceptors (Lipinski definition) is 5. The van der Waals surface area contributed by atoms with Crippen LogP contribution in [0.25, 0.3) is 0 Å². The van der Waals surface area contributed by atoms with Crippen LogP contribution in [0.2, 0.25) is 0 Å². The van der Waals surface area contributed by atoms with E-state index >= 15 is 0 Å². The molecule has 0 atom stereocenters. The fourth-order valence-electron chi connectivity index (χ4n) is 2.80. The first-order valence-corrected chi connectivity index (χ1v) is 10.7. The molecular formula is C25H23BrO5. The van der Waals surface area contributed by atoms with Crippen LogP contribution in [0.15, 0.2) is 77.3 Å². The van der Waals surface area contributed by atoms with Gasteiger partial charge in [0.25, 0.3) is 0 Å². The first-order valence-electron chi connectivity index (χ1n) is 9.92. The summed E-state index contributed by atoms with van der Waals surface area (Å²) in [5.74, 6) is -0.0908. The van der Waals surface area contributed by atoms with Gasteiger partial charge in [-0.1, -0.05) is 36.4 Å². The number of carbonyl (C=O) groups is 2. The van der Waals surface area contributed by atoms with E-state index in [2.05, 4.69) is 28.1 Å². The predicted octanol–water partition coefficient (Wildman–Crippen LogP) is 5.86. The van der Waals surface area contributed by atoms with Gasteiger partial charge in [0, 0.05) is 6.42 Å². The Balaban J connectivity index is 1.61. The van der Waals surface area contributed by atoms with Crippen molar-refractivity contribution >= 4 is 27.9 Å². The van der Waals surface area contributed by atoms with Crippen LogP contribution >= 0.6 is 15.9 Å². The number of rotatable bonds is 8. The minimum absolute atomic E-state index is 0.232. The first-order chi connectivity index (χ1) is 14.9. The molecule has 0 radical (unpaired) electrons. The average molecular weight is 483 g/mol. The van der Waals surface area contributed by atoms with Crippen molar-refractivity contribution in [1.29, 1.82) is 0 Å². The second kappa shape index (κ2) is 10.8. The fourth-order valence-corrected chi connectivity index (χ4v) is 3.30. The number of ether oxygens (including phenoxy) is 3. The largest absolute Gasteiger partial charge is 0.492 e. The molecule has 0 spiro atoms. The second-order valence-corrected chi connectivity index (χ2v) is 7.96. The van der Waals surface area contributed by atoms with Crippen molar-refractivity contribution in [2.75, 3.05) is 6.61 Å². The normalized spacial score (nSPS) is 10.6. The molecule has 0 unspecified atom stereocenters. The first kappa shape index (κ1) is 22.6. The summed E-state index contributed by atoms with van der Waals surface area (Å²) in [5.41, 5.74) is 1.87. The number of halogens is 1. The maximum absolute atomic E-state index is 12.5. The molecule has 0 bridgehead atoms. The second-order valence-electron chi connectivity index (χ2n) is 7.10. The van der Waals surface area contributed by atoms with E-state index in [9.17, 15) is 9.59 Å². The Morgan fingerprint density at radius 2 is 1.61 bits per heavy atom. The van der Waals surface area contributed by atoms with Crippen LogP contribution in [-0.4, -0.2) is 24.6 Å². The van der Waals surface area contributed by atoms with Gasteiger partial charge in [-0.2, -0.15) is 0 Å². The minimum Gasteiger partial charge on any atom is -0.492 e. The van der Waals surface area contributed by atoms with Crippen LogP contribution in [0, 0.1) is 0 Å². The van der Waals surface area contributed by atoms with E-state index in [1.165, 1.54) is 11.6 Å². The van der Waals surface area contributed by atoms with E-state index in [1.54, 1.807) is 50.2 Å². The van der Waals surface area contributed by atoms with Crippen molar-refractivity contribution in [1.82, 2.24) is 0 Å². The van der Waals surface area contributed by atoms with Gasteiger partial charge in [0.1, 0.15) is 11.5 Å². The fraction of sp³-hybridized carbons (Fsp3) is 0.200. The Bertz CT molecular complexity index is 1050. The standard InChI is InChI=1S/C25H23BrO5/c1-17(2)30-24(27)19-9-6-10-21(15-19)31-25(28)20-11-12-23(22(26)16-20)29-14-13-18-7-4-3-5-8-18/h3-12,15-17H,13-14H2,1-2H3. The molecule has 0 aliphatic carbocycles. The van der Waals surface area contributed by atoms with Crippen molar-refractivity contribution < 1.29 is 23.8 Å². The summed E-state index contributed by atoms with van der Waals surface area (Å²) in [5, 5.41) is 0. The van der Waals surface area contributed by atoms with E-state index in [0.29, 0.717) is 28.0 Å². The van der Waals surface area contributed by atoms with Crippen LogP contribution in [0.4, 0.5) is 0 Å². The lowest BCUT2D eigenvalue weighted by molar-refractivity contribution is 0.0376. The zero-order chi connectivity index (χ0) is 22.2. The number of hydrogen-bond donors (Lipinski definition) is 0. The quantitative estimate of drug-likeness (QED) is 0.297. The molecule has 31 heavy (non-hydrogen) atoms. The molecule has 5 nitrogen and oxygen atoms in total. The SMILES string of the molecule is CC(C)OC(=O)c1cccc(OC(=O)c2ccc(OCCc3ccccc3)c(Br)c2)c1. The summed E-state index contributed by atoms with van der Waals surface area (Å²) in [6.45, 7) is 4.06. The van der Waals surface area contributed by atoms with Gasteiger partial charge in [-0.15, -0.1) is 0 Å². The Hall–Kier alpha value is -3.12. The van der Waals surface area contributed by atoms with E-state index in [0.717, 1.165) is 6.42 Å². The molecule has 0 fully saturated rings. The van der Waals surface area contributed by atoms with Gasteiger partial charge in [0.2, 0.25) is 0 Å². The molecule has 6 heteroatoms. The molecule has 0 N–H and O–H groups in total. The van der Waals surface area contributed by atoms with E-state index in [4.69, 9.17) is 14.2 Å². The van der Waals surface area contributed by atoms with Gasteiger partial charge in [0.05, 0.1) is 28.3 Å². The predicted molar refractivity (Wildman–Crippen MR) is 122 cm³/mol. The highest BCUT2D eigenvalue weighted by atomic mass is 79.9. The monoisotopic (exact) mass is 482 g/mol. The van der Waals surface area contributed by atoms with E-state index in [-0.39, 0.29) is 11.9 Å². The average Bonchev–Trinajstić information content (AvgIpc) is 2.75. The maximum Gasteiger partial charge on any atom is 0.343 e. The van der Waals surface area contributed by atoms with Crippen molar-refractivity contribution in [2.45, 2.75) is 26.4 Å². The molecule has 0 aliphatic rings. The summed E-state index contributed by atoms with van der Waals surface area (Å²) in [6.07, 6.45) is 0.552. The molecular weight excluding hydrogens is 460 g/mol. The Morgan fingerprint density at radius 3 is 2.32 bits per heavy atom. The van der Waals surface area contributed by atoms with Crippen LogP contribution in [0.3, 0.4) is 0 Å². The van der Waals surface area contributed by atoms with Crippen LogP contribution < -0.4 is 9.47 Å². The third-order valence-corrected chi connectivity index (χ3v) is 4.90. The van der Waals surface area contributed by atoms with Gasteiger partial charge < -0.3 is 14.2 Å². The Morgan fingerprint density at radius 1 is 0.871 bits per heavy atom. The summed E-state index contributed by atoms with van der Waals surface area (Å²) in [4.78, 5) is 24.6. The van der Waals surface area contributed by atoms with Gasteiger partial charge in [-0.25, -0.2) is 9.59 Å². The Kier molecular flexibility index (Phi) is 7.84. The van der Waals surface area contributed by atoms with E-state index in [1.807, 2.05) is 18.2 Å². The van der Waals surface area contributed by atoms with Crippen molar-refractivity contribution in [2.24, 2.45) is 0 Å². The molecule has 3 aromatic carbocycles. The molecule has 160 valence electrons. The highest BCUT2D eigenvalue weighted by Gasteiger charge is 2.14. The molecule has 0 saturated carbocycles. The lowest BCUT2D eigenvalue weighted by Gasteiger charge is -2.11. The number of esters is 2. The molecule has 3 aromatic rings. The Labute approximate surface area is 190 Å². The third kappa shape index (κ3) is 6.69. The van der Waals surface area contributed by atoms with Gasteiger partial charge in [-0.05, 0) is 71.7 Å². The zero-order valence-corrected chi connectivity index (χ0v) is 18.9. The smallest absolute Gasteiger partial charge is 0.343 e. The highest BCUT2D eigenvalue weighted by molar-refractivity contribution is 9.10. The molecule has 0 saturated heterocycles. The van der Waals surface area contributed by atoms with Gasteiger partial charge in [0.15, 0.2) is 0 Å². The van der Waals surface area contributed by atoms with Crippen LogP contribution in [-0.2, 0) is 11.2 Å². The summed E-state index contributed by atoms with van der Waals surface area (Å²) < 4.78 is 17.1. The van der Waals surface area contributed by atoms with Crippen molar-refractivity contribution in [3.63, 3.8) is 0 Å². The topological polar surface area (TPSA) is 61.8 Å². The van der Waals surface area contributed by atoms with Crippen molar-refractivity contribution in [3.8, 4) is 11.5 Å². The molecule has 0 aliphatic heterocycles. The molecule has 0 amide bonds. The lowest BCUT2D eigenvalue weighted by atomic mass is 10.2. The van der Waals surface area contributed by atoms with E-state index < -0.39 is 11.9 Å². The maximum atomic E-state index is 12.5. The lowest BCUT2D eigenvalue weighted by Crippen LogP contribution is -2.12.